The molecule has 6 nitrogen and oxygen atoms in total. The Kier molecular flexibility index (Phi) is 6.78. The van der Waals surface area contributed by atoms with Gasteiger partial charge in [0.1, 0.15) is 0 Å². The van der Waals surface area contributed by atoms with E-state index < -0.39 is 5.97 Å². The SMILES string of the molecule is CC(C)N(CCC(=O)O)C(=O)N1CCCCCC1CO. The van der Waals surface area contributed by atoms with Crippen molar-refractivity contribution in [2.45, 2.75) is 58.0 Å². The molecule has 1 unspecified atom stereocenters. The molecule has 1 rings (SSSR count). The summed E-state index contributed by atoms with van der Waals surface area (Å²) < 4.78 is 0. The van der Waals surface area contributed by atoms with Crippen molar-refractivity contribution >= 4 is 12.0 Å². The average Bonchev–Trinajstić information content (AvgIpc) is 2.62. The summed E-state index contributed by atoms with van der Waals surface area (Å²) in [6.45, 7) is 4.58. The number of aliphatic hydroxyl groups is 1. The van der Waals surface area contributed by atoms with E-state index in [1.165, 1.54) is 0 Å². The summed E-state index contributed by atoms with van der Waals surface area (Å²) in [6.07, 6.45) is 3.78. The molecule has 6 heteroatoms. The van der Waals surface area contributed by atoms with Crippen molar-refractivity contribution in [1.82, 2.24) is 9.80 Å². The van der Waals surface area contributed by atoms with Crippen LogP contribution in [0, 0.1) is 0 Å². The second-order valence-corrected chi connectivity index (χ2v) is 5.59. The average molecular weight is 286 g/mol. The highest BCUT2D eigenvalue weighted by molar-refractivity contribution is 5.76. The number of nitrogens with zero attached hydrogens (tertiary/aromatic N) is 2. The number of carboxylic acid groups (broad SMARTS) is 1. The van der Waals surface area contributed by atoms with E-state index >= 15 is 0 Å². The Bertz CT molecular complexity index is 333. The third-order valence-corrected chi connectivity index (χ3v) is 3.77. The van der Waals surface area contributed by atoms with Crippen LogP contribution in [0.4, 0.5) is 4.79 Å². The molecule has 0 aromatic carbocycles. The molecule has 1 atom stereocenters. The maximum absolute atomic E-state index is 12.6. The lowest BCUT2D eigenvalue weighted by atomic mass is 10.1. The first-order valence-corrected chi connectivity index (χ1v) is 7.37. The smallest absolute Gasteiger partial charge is 0.320 e. The van der Waals surface area contributed by atoms with Crippen molar-refractivity contribution in [1.29, 1.82) is 0 Å². The van der Waals surface area contributed by atoms with E-state index in [9.17, 15) is 14.7 Å². The lowest BCUT2D eigenvalue weighted by Gasteiger charge is -2.36. The standard InChI is InChI=1S/C14H26N2O4/c1-11(2)15(9-7-13(18)19)14(20)16-8-5-3-4-6-12(16)10-17/h11-12,17H,3-10H2,1-2H3,(H,18,19). The summed E-state index contributed by atoms with van der Waals surface area (Å²) in [5, 5.41) is 18.3. The van der Waals surface area contributed by atoms with Crippen molar-refractivity contribution < 1.29 is 19.8 Å². The van der Waals surface area contributed by atoms with Gasteiger partial charge in [0.05, 0.1) is 19.1 Å². The van der Waals surface area contributed by atoms with Crippen LogP contribution in [0.3, 0.4) is 0 Å². The van der Waals surface area contributed by atoms with E-state index in [0.29, 0.717) is 6.54 Å². The maximum Gasteiger partial charge on any atom is 0.320 e. The molecule has 0 spiro atoms. The Hall–Kier alpha value is -1.30. The van der Waals surface area contributed by atoms with Crippen molar-refractivity contribution in [3.05, 3.63) is 0 Å². The number of aliphatic hydroxyl groups excluding tert-OH is 1. The van der Waals surface area contributed by atoms with E-state index in [4.69, 9.17) is 5.11 Å². The molecule has 1 heterocycles. The number of likely N-dealkylation sites (tertiary alicyclic amines) is 1. The van der Waals surface area contributed by atoms with Gasteiger partial charge in [-0.05, 0) is 26.7 Å². The minimum absolute atomic E-state index is 0.0311. The van der Waals surface area contributed by atoms with Gasteiger partial charge in [-0.15, -0.1) is 0 Å². The van der Waals surface area contributed by atoms with Crippen molar-refractivity contribution in [2.75, 3.05) is 19.7 Å². The number of aliphatic carboxylic acids is 1. The van der Waals surface area contributed by atoms with E-state index in [-0.39, 0.29) is 37.7 Å². The maximum atomic E-state index is 12.6. The molecule has 2 N–H and O–H groups in total. The summed E-state index contributed by atoms with van der Waals surface area (Å²) in [4.78, 5) is 26.6. The van der Waals surface area contributed by atoms with Crippen LogP contribution in [-0.2, 0) is 4.79 Å². The van der Waals surface area contributed by atoms with E-state index in [0.717, 1.165) is 25.7 Å². The zero-order valence-corrected chi connectivity index (χ0v) is 12.4. The normalized spacial score (nSPS) is 19.8. The lowest BCUT2D eigenvalue weighted by molar-refractivity contribution is -0.137. The highest BCUT2D eigenvalue weighted by Crippen LogP contribution is 2.19. The monoisotopic (exact) mass is 286 g/mol. The van der Waals surface area contributed by atoms with Gasteiger partial charge in [-0.3, -0.25) is 4.79 Å². The third kappa shape index (κ3) is 4.67. The Balaban J connectivity index is 2.77. The largest absolute Gasteiger partial charge is 0.481 e. The fraction of sp³-hybridized carbons (Fsp3) is 0.857. The molecule has 0 aromatic rings. The highest BCUT2D eigenvalue weighted by Gasteiger charge is 2.29. The summed E-state index contributed by atoms with van der Waals surface area (Å²) in [6, 6.07) is -0.345. The lowest BCUT2D eigenvalue weighted by Crippen LogP contribution is -2.51. The van der Waals surface area contributed by atoms with Gasteiger partial charge in [0.25, 0.3) is 0 Å². The summed E-state index contributed by atoms with van der Waals surface area (Å²) in [5.41, 5.74) is 0. The van der Waals surface area contributed by atoms with Crippen LogP contribution in [0.1, 0.15) is 46.0 Å². The number of carbonyl (C=O) groups excluding carboxylic acids is 1. The van der Waals surface area contributed by atoms with Gasteiger partial charge in [0.2, 0.25) is 0 Å². The predicted molar refractivity (Wildman–Crippen MR) is 75.5 cm³/mol. The van der Waals surface area contributed by atoms with Gasteiger partial charge in [-0.1, -0.05) is 12.8 Å². The molecule has 0 aliphatic carbocycles. The first kappa shape index (κ1) is 16.8. The molecule has 1 aliphatic heterocycles. The number of hydrogen-bond acceptors (Lipinski definition) is 3. The van der Waals surface area contributed by atoms with Crippen molar-refractivity contribution in [3.8, 4) is 0 Å². The number of amides is 2. The van der Waals surface area contributed by atoms with Crippen LogP contribution >= 0.6 is 0 Å². The van der Waals surface area contributed by atoms with Crippen LogP contribution in [-0.4, -0.2) is 63.8 Å². The third-order valence-electron chi connectivity index (χ3n) is 3.77. The van der Waals surface area contributed by atoms with Gasteiger partial charge in [-0.2, -0.15) is 0 Å². The Morgan fingerprint density at radius 1 is 1.30 bits per heavy atom. The van der Waals surface area contributed by atoms with E-state index in [2.05, 4.69) is 0 Å². The molecule has 2 amide bonds. The molecule has 0 aromatic heterocycles. The first-order valence-electron chi connectivity index (χ1n) is 7.37. The van der Waals surface area contributed by atoms with E-state index in [1.807, 2.05) is 13.8 Å². The van der Waals surface area contributed by atoms with Crippen molar-refractivity contribution in [3.63, 3.8) is 0 Å². The first-order chi connectivity index (χ1) is 9.47. The molecular weight excluding hydrogens is 260 g/mol. The number of urea groups is 1. The van der Waals surface area contributed by atoms with Crippen LogP contribution < -0.4 is 0 Å². The molecule has 20 heavy (non-hydrogen) atoms. The highest BCUT2D eigenvalue weighted by atomic mass is 16.4. The minimum atomic E-state index is -0.905. The Labute approximate surface area is 120 Å². The molecule has 0 radical (unpaired) electrons. The zero-order chi connectivity index (χ0) is 15.1. The van der Waals surface area contributed by atoms with Gasteiger partial charge in [-0.25, -0.2) is 4.79 Å². The number of carboxylic acids is 1. The second kappa shape index (κ2) is 8.09. The topological polar surface area (TPSA) is 81.1 Å². The van der Waals surface area contributed by atoms with Crippen LogP contribution in [0.25, 0.3) is 0 Å². The fourth-order valence-electron chi connectivity index (χ4n) is 2.57. The van der Waals surface area contributed by atoms with Gasteiger partial charge < -0.3 is 20.0 Å². The quantitative estimate of drug-likeness (QED) is 0.803. The number of carbonyl (C=O) groups is 2. The predicted octanol–water partition coefficient (Wildman–Crippen LogP) is 1.53. The van der Waals surface area contributed by atoms with Crippen molar-refractivity contribution in [2.24, 2.45) is 0 Å². The minimum Gasteiger partial charge on any atom is -0.481 e. The van der Waals surface area contributed by atoms with Crippen LogP contribution in [0.2, 0.25) is 0 Å². The molecule has 0 bridgehead atoms. The fourth-order valence-corrected chi connectivity index (χ4v) is 2.57. The zero-order valence-electron chi connectivity index (χ0n) is 12.4. The summed E-state index contributed by atoms with van der Waals surface area (Å²) in [5.74, 6) is -0.905. The van der Waals surface area contributed by atoms with Gasteiger partial charge in [0, 0.05) is 19.1 Å². The molecule has 1 aliphatic rings. The molecule has 1 fully saturated rings. The molecule has 0 saturated carbocycles. The molecule has 1 saturated heterocycles. The summed E-state index contributed by atoms with van der Waals surface area (Å²) in [7, 11) is 0. The summed E-state index contributed by atoms with van der Waals surface area (Å²) >= 11 is 0. The van der Waals surface area contributed by atoms with Crippen LogP contribution in [0.15, 0.2) is 0 Å². The van der Waals surface area contributed by atoms with E-state index in [1.54, 1.807) is 9.80 Å². The van der Waals surface area contributed by atoms with Gasteiger partial charge >= 0.3 is 12.0 Å². The molecular formula is C14H26N2O4. The Morgan fingerprint density at radius 3 is 2.55 bits per heavy atom. The second-order valence-electron chi connectivity index (χ2n) is 5.59. The van der Waals surface area contributed by atoms with Gasteiger partial charge in [0.15, 0.2) is 0 Å². The molecule has 116 valence electrons. The number of hydrogen-bond donors (Lipinski definition) is 2. The Morgan fingerprint density at radius 2 is 2.00 bits per heavy atom. The van der Waals surface area contributed by atoms with Crippen LogP contribution in [0.5, 0.6) is 0 Å². The number of rotatable bonds is 5.